The van der Waals surface area contributed by atoms with Crippen LogP contribution >= 0.6 is 35.3 Å². The number of nitrogens with zero attached hydrogens (tertiary/aromatic N) is 2. The summed E-state index contributed by atoms with van der Waals surface area (Å²) < 4.78 is 0.481. The highest BCUT2D eigenvalue weighted by Crippen LogP contribution is 2.29. The Balaban J connectivity index is 2.16. The van der Waals surface area contributed by atoms with Gasteiger partial charge in [-0.25, -0.2) is 4.98 Å². The van der Waals surface area contributed by atoms with Gasteiger partial charge in [0.15, 0.2) is 5.82 Å². The molecule has 0 atom stereocenters. The highest BCUT2D eigenvalue weighted by molar-refractivity contribution is 7.98. The Hall–Kier alpha value is -0.660. The van der Waals surface area contributed by atoms with Crippen molar-refractivity contribution in [3.8, 4) is 10.7 Å². The van der Waals surface area contributed by atoms with Crippen LogP contribution in [0.1, 0.15) is 24.0 Å². The summed E-state index contributed by atoms with van der Waals surface area (Å²) in [4.78, 5) is 9.85. The van der Waals surface area contributed by atoms with Crippen molar-refractivity contribution in [2.75, 3.05) is 5.75 Å². The largest absolute Gasteiger partial charge is 0.281 e. The van der Waals surface area contributed by atoms with Gasteiger partial charge in [-0.05, 0) is 31.3 Å². The second kappa shape index (κ2) is 5.79. The van der Waals surface area contributed by atoms with Crippen LogP contribution in [-0.2, 0) is 5.75 Å². The molecule has 0 bridgehead atoms. The molecule has 2 rings (SSSR count). The molecule has 4 nitrogen and oxygen atoms in total. The van der Waals surface area contributed by atoms with E-state index in [9.17, 15) is 0 Å². The molecule has 0 aromatic carbocycles. The summed E-state index contributed by atoms with van der Waals surface area (Å²) in [6.45, 7) is 4.20. The molecule has 0 radical (unpaired) electrons. The zero-order valence-electron chi connectivity index (χ0n) is 9.74. The van der Waals surface area contributed by atoms with E-state index in [2.05, 4.69) is 27.1 Å². The topological polar surface area (TPSA) is 57.4 Å². The molecule has 92 valence electrons. The first-order chi connectivity index (χ1) is 8.20. The monoisotopic (exact) mass is 286 g/mol. The van der Waals surface area contributed by atoms with E-state index in [1.54, 1.807) is 11.3 Å². The van der Waals surface area contributed by atoms with Gasteiger partial charge in [0.05, 0.1) is 10.6 Å². The molecule has 0 fully saturated rings. The molecular formula is C10H14N4S3. The number of hydrogen-bond acceptors (Lipinski definition) is 5. The van der Waals surface area contributed by atoms with E-state index in [1.165, 1.54) is 12.2 Å². The fourth-order valence-corrected chi connectivity index (χ4v) is 3.52. The summed E-state index contributed by atoms with van der Waals surface area (Å²) >= 11 is 8.55. The summed E-state index contributed by atoms with van der Waals surface area (Å²) in [7, 11) is 0. The molecule has 2 aromatic heterocycles. The molecule has 0 amide bonds. The number of aromatic amines is 2. The van der Waals surface area contributed by atoms with Crippen molar-refractivity contribution in [1.82, 2.24) is 20.2 Å². The maximum absolute atomic E-state index is 4.95. The Bertz CT molecular complexity index is 540. The van der Waals surface area contributed by atoms with Crippen LogP contribution in [-0.4, -0.2) is 25.9 Å². The van der Waals surface area contributed by atoms with E-state index in [0.717, 1.165) is 27.2 Å². The molecule has 0 saturated heterocycles. The fourth-order valence-electron chi connectivity index (χ4n) is 1.42. The lowest BCUT2D eigenvalue weighted by atomic mass is 10.4. The van der Waals surface area contributed by atoms with Gasteiger partial charge >= 0.3 is 0 Å². The number of nitrogens with one attached hydrogen (secondary N) is 2. The Kier molecular flexibility index (Phi) is 4.36. The molecule has 2 N–H and O–H groups in total. The first-order valence-electron chi connectivity index (χ1n) is 5.39. The Morgan fingerprint density at radius 2 is 2.18 bits per heavy atom. The van der Waals surface area contributed by atoms with E-state index < -0.39 is 0 Å². The third-order valence-corrected chi connectivity index (χ3v) is 4.85. The van der Waals surface area contributed by atoms with Crippen LogP contribution in [0.25, 0.3) is 10.7 Å². The van der Waals surface area contributed by atoms with Crippen molar-refractivity contribution in [3.63, 3.8) is 0 Å². The second-order valence-corrected chi connectivity index (χ2v) is 6.17. The number of hydrogen-bond donors (Lipinski definition) is 2. The summed E-state index contributed by atoms with van der Waals surface area (Å²) in [5.41, 5.74) is 1.01. The van der Waals surface area contributed by atoms with Gasteiger partial charge in [-0.2, -0.15) is 16.7 Å². The van der Waals surface area contributed by atoms with Gasteiger partial charge in [0.1, 0.15) is 5.01 Å². The van der Waals surface area contributed by atoms with Crippen LogP contribution in [0.15, 0.2) is 0 Å². The van der Waals surface area contributed by atoms with Crippen LogP contribution in [0.3, 0.4) is 0 Å². The first-order valence-corrected chi connectivity index (χ1v) is 7.77. The first kappa shape index (κ1) is 12.8. The van der Waals surface area contributed by atoms with Crippen LogP contribution in [0, 0.1) is 11.7 Å². The lowest BCUT2D eigenvalue weighted by Gasteiger charge is -1.93. The summed E-state index contributed by atoms with van der Waals surface area (Å²) in [5.74, 6) is 2.94. The predicted octanol–water partition coefficient (Wildman–Crippen LogP) is 3.54. The van der Waals surface area contributed by atoms with E-state index in [-0.39, 0.29) is 0 Å². The third kappa shape index (κ3) is 3.17. The van der Waals surface area contributed by atoms with Gasteiger partial charge in [-0.1, -0.05) is 6.92 Å². The number of H-pyrrole nitrogens is 2. The minimum atomic E-state index is 0.481. The van der Waals surface area contributed by atoms with Crippen molar-refractivity contribution < 1.29 is 0 Å². The maximum Gasteiger partial charge on any atom is 0.213 e. The highest BCUT2D eigenvalue weighted by Gasteiger charge is 2.11. The van der Waals surface area contributed by atoms with Crippen molar-refractivity contribution >= 4 is 35.3 Å². The highest BCUT2D eigenvalue weighted by atomic mass is 32.2. The molecular weight excluding hydrogens is 272 g/mol. The molecule has 0 unspecified atom stereocenters. The predicted molar refractivity (Wildman–Crippen MR) is 76.1 cm³/mol. The molecule has 2 aromatic rings. The third-order valence-electron chi connectivity index (χ3n) is 2.13. The quantitative estimate of drug-likeness (QED) is 0.652. The van der Waals surface area contributed by atoms with Crippen molar-refractivity contribution in [3.05, 3.63) is 15.5 Å². The van der Waals surface area contributed by atoms with Crippen molar-refractivity contribution in [2.45, 2.75) is 26.0 Å². The number of thioether (sulfide) groups is 1. The van der Waals surface area contributed by atoms with Gasteiger partial charge in [0.25, 0.3) is 0 Å². The van der Waals surface area contributed by atoms with Gasteiger partial charge in [0.2, 0.25) is 4.77 Å². The van der Waals surface area contributed by atoms with E-state index in [0.29, 0.717) is 4.77 Å². The van der Waals surface area contributed by atoms with Gasteiger partial charge in [0, 0.05) is 5.75 Å². The van der Waals surface area contributed by atoms with E-state index in [4.69, 9.17) is 12.2 Å². The molecule has 7 heteroatoms. The average molecular weight is 286 g/mol. The van der Waals surface area contributed by atoms with Gasteiger partial charge in [-0.3, -0.25) is 10.2 Å². The van der Waals surface area contributed by atoms with Crippen LogP contribution in [0.5, 0.6) is 0 Å². The standard InChI is InChI=1S/C10H14N4S3/c1-3-4-16-5-7-11-6(2)8(17-7)9-12-10(15)14-13-9/h3-5H2,1-2H3,(H2,12,13,14,15). The summed E-state index contributed by atoms with van der Waals surface area (Å²) in [5, 5.41) is 6.93. The number of aryl methyl sites for hydroxylation is 1. The molecule has 17 heavy (non-hydrogen) atoms. The normalized spacial score (nSPS) is 10.9. The second-order valence-electron chi connectivity index (χ2n) is 3.59. The molecule has 0 aliphatic heterocycles. The lowest BCUT2D eigenvalue weighted by Crippen LogP contribution is -1.82. The van der Waals surface area contributed by atoms with Crippen molar-refractivity contribution in [2.24, 2.45) is 0 Å². The summed E-state index contributed by atoms with van der Waals surface area (Å²) in [6, 6.07) is 0. The van der Waals surface area contributed by atoms with E-state index >= 15 is 0 Å². The molecule has 0 spiro atoms. The van der Waals surface area contributed by atoms with Crippen LogP contribution in [0.2, 0.25) is 0 Å². The Labute approximate surface area is 113 Å². The van der Waals surface area contributed by atoms with Crippen LogP contribution in [0.4, 0.5) is 0 Å². The minimum Gasteiger partial charge on any atom is -0.281 e. The SMILES string of the molecule is CCCSCc1nc(C)c(-c2nc(=S)[nH][nH]2)s1. The number of aromatic nitrogens is 4. The average Bonchev–Trinajstić information content (AvgIpc) is 2.85. The summed E-state index contributed by atoms with van der Waals surface area (Å²) in [6.07, 6.45) is 1.20. The lowest BCUT2D eigenvalue weighted by molar-refractivity contribution is 1.08. The van der Waals surface area contributed by atoms with Gasteiger partial charge in [-0.15, -0.1) is 11.3 Å². The Morgan fingerprint density at radius 1 is 1.35 bits per heavy atom. The minimum absolute atomic E-state index is 0.481. The zero-order valence-corrected chi connectivity index (χ0v) is 12.2. The smallest absolute Gasteiger partial charge is 0.213 e. The number of rotatable bonds is 5. The molecule has 0 aliphatic carbocycles. The Morgan fingerprint density at radius 3 is 2.82 bits per heavy atom. The van der Waals surface area contributed by atoms with Crippen molar-refractivity contribution in [1.29, 1.82) is 0 Å². The fraction of sp³-hybridized carbons (Fsp3) is 0.500. The number of thiazole rings is 1. The van der Waals surface area contributed by atoms with E-state index in [1.807, 2.05) is 18.7 Å². The molecule has 0 aliphatic rings. The van der Waals surface area contributed by atoms with Gasteiger partial charge < -0.3 is 0 Å². The van der Waals surface area contributed by atoms with Crippen LogP contribution < -0.4 is 0 Å². The zero-order chi connectivity index (χ0) is 12.3. The maximum atomic E-state index is 4.95. The molecule has 2 heterocycles. The molecule has 0 saturated carbocycles.